The van der Waals surface area contributed by atoms with Gasteiger partial charge in [0.2, 0.25) is 15.9 Å². The molecule has 41 heavy (non-hydrogen) atoms. The molecule has 2 atom stereocenters. The van der Waals surface area contributed by atoms with Crippen LogP contribution in [0, 0.1) is 11.7 Å². The molecule has 2 aliphatic heterocycles. The van der Waals surface area contributed by atoms with Crippen LogP contribution in [0.1, 0.15) is 42.4 Å². The number of benzene rings is 2. The molecule has 0 unspecified atom stereocenters. The highest BCUT2D eigenvalue weighted by Gasteiger charge is 2.71. The number of sulfonamides is 1. The maximum atomic E-state index is 13.7. The van der Waals surface area contributed by atoms with Crippen LogP contribution < -0.4 is 0 Å². The molecule has 226 valence electrons. The summed E-state index contributed by atoms with van der Waals surface area (Å²) >= 11 is 0. The minimum Gasteiger partial charge on any atom is -0.369 e. The predicted molar refractivity (Wildman–Crippen MR) is 135 cm³/mol. The van der Waals surface area contributed by atoms with E-state index in [1.54, 1.807) is 11.8 Å². The second-order valence-corrected chi connectivity index (χ2v) is 12.9. The molecule has 2 saturated heterocycles. The van der Waals surface area contributed by atoms with Gasteiger partial charge in [0.1, 0.15) is 5.82 Å². The highest BCUT2D eigenvalue weighted by atomic mass is 32.2. The van der Waals surface area contributed by atoms with Crippen molar-refractivity contribution >= 4 is 15.9 Å². The Bertz CT molecular complexity index is 1360. The van der Waals surface area contributed by atoms with Crippen molar-refractivity contribution in [2.75, 3.05) is 32.4 Å². The van der Waals surface area contributed by atoms with E-state index in [0.717, 1.165) is 18.4 Å². The van der Waals surface area contributed by atoms with E-state index in [4.69, 9.17) is 0 Å². The number of amides is 1. The van der Waals surface area contributed by atoms with Gasteiger partial charge < -0.3 is 10.0 Å². The Kier molecular flexibility index (Phi) is 8.02. The first-order valence-corrected chi connectivity index (χ1v) is 14.6. The number of piperidine rings is 1. The standard InChI is InChI=1S/C27H29F7N2O4S/c1-24(19-7-9-21(28)10-8-19)16-35(23(37)18-11-13-36(14-12-18)41(2,39)40)15-22(24)17-3-5-20(6-4-17)25(38,26(29,30)31)27(32,33)34/h3-10,18,22,38H,11-16H2,1-2H3/t22-,24+/m0/s1. The number of rotatable bonds is 5. The SMILES string of the molecule is C[C@]1(c2ccc(F)cc2)CN(C(=O)C2CCN(S(C)(=O)=O)CC2)C[C@H]1c1ccc(C(O)(C(F)(F)F)C(F)(F)F)cc1. The molecule has 1 amide bonds. The van der Waals surface area contributed by atoms with E-state index in [0.29, 0.717) is 36.1 Å². The summed E-state index contributed by atoms with van der Waals surface area (Å²) in [6.07, 6.45) is -10.4. The van der Waals surface area contributed by atoms with Crippen LogP contribution in [-0.4, -0.2) is 73.4 Å². The second-order valence-electron chi connectivity index (χ2n) is 11.0. The van der Waals surface area contributed by atoms with Crippen LogP contribution in [0.2, 0.25) is 0 Å². The molecule has 0 saturated carbocycles. The molecule has 0 radical (unpaired) electrons. The van der Waals surface area contributed by atoms with Gasteiger partial charge in [-0.05, 0) is 36.1 Å². The Morgan fingerprint density at radius 3 is 1.90 bits per heavy atom. The lowest BCUT2D eigenvalue weighted by Crippen LogP contribution is -2.53. The van der Waals surface area contributed by atoms with Gasteiger partial charge in [0.25, 0.3) is 5.60 Å². The Hall–Kier alpha value is -2.71. The Morgan fingerprint density at radius 1 is 0.927 bits per heavy atom. The van der Waals surface area contributed by atoms with Gasteiger partial charge in [-0.25, -0.2) is 17.1 Å². The maximum absolute atomic E-state index is 13.7. The molecule has 0 aliphatic carbocycles. The summed E-state index contributed by atoms with van der Waals surface area (Å²) in [6, 6.07) is 8.77. The third-order valence-corrected chi connectivity index (χ3v) is 9.63. The highest BCUT2D eigenvalue weighted by molar-refractivity contribution is 7.88. The van der Waals surface area contributed by atoms with E-state index in [1.807, 2.05) is 0 Å². The molecule has 1 N–H and O–H groups in total. The third-order valence-electron chi connectivity index (χ3n) is 8.33. The number of hydrogen-bond donors (Lipinski definition) is 1. The smallest absolute Gasteiger partial charge is 0.369 e. The monoisotopic (exact) mass is 610 g/mol. The zero-order valence-corrected chi connectivity index (χ0v) is 23.0. The molecule has 14 heteroatoms. The van der Waals surface area contributed by atoms with Gasteiger partial charge >= 0.3 is 12.4 Å². The van der Waals surface area contributed by atoms with Crippen LogP contribution in [0.15, 0.2) is 48.5 Å². The van der Waals surface area contributed by atoms with E-state index >= 15 is 0 Å². The first-order valence-electron chi connectivity index (χ1n) is 12.8. The van der Waals surface area contributed by atoms with Gasteiger partial charge in [-0.3, -0.25) is 4.79 Å². The minimum atomic E-state index is -6.03. The molecular weight excluding hydrogens is 581 g/mol. The van der Waals surface area contributed by atoms with Crippen molar-refractivity contribution in [3.8, 4) is 0 Å². The molecule has 2 aromatic carbocycles. The first kappa shape index (κ1) is 31.2. The lowest BCUT2D eigenvalue weighted by Gasteiger charge is -2.34. The van der Waals surface area contributed by atoms with Gasteiger partial charge in [0, 0.05) is 49.0 Å². The molecular formula is C27H29F7N2O4S. The van der Waals surface area contributed by atoms with Crippen molar-refractivity contribution < 1.29 is 49.1 Å². The van der Waals surface area contributed by atoms with Crippen LogP contribution in [0.3, 0.4) is 0 Å². The molecule has 0 spiro atoms. The summed E-state index contributed by atoms with van der Waals surface area (Å²) in [5.74, 6) is -1.83. The van der Waals surface area contributed by atoms with Gasteiger partial charge in [0.05, 0.1) is 6.26 Å². The summed E-state index contributed by atoms with van der Waals surface area (Å²) in [6.45, 7) is 2.32. The fourth-order valence-electron chi connectivity index (χ4n) is 5.89. The molecule has 6 nitrogen and oxygen atoms in total. The summed E-state index contributed by atoms with van der Waals surface area (Å²) in [4.78, 5) is 15.1. The molecule has 2 aliphatic rings. The first-order chi connectivity index (χ1) is 18.8. The van der Waals surface area contributed by atoms with Gasteiger partial charge in [-0.15, -0.1) is 0 Å². The summed E-state index contributed by atoms with van der Waals surface area (Å²) in [7, 11) is -3.41. The number of carbonyl (C=O) groups is 1. The van der Waals surface area contributed by atoms with Crippen LogP contribution in [0.4, 0.5) is 30.7 Å². The summed E-state index contributed by atoms with van der Waals surface area (Å²) < 4.78 is 119. The number of halogens is 7. The zero-order chi connectivity index (χ0) is 30.6. The number of hydrogen-bond acceptors (Lipinski definition) is 4. The Labute approximate surface area is 232 Å². The van der Waals surface area contributed by atoms with Crippen molar-refractivity contribution in [2.45, 2.75) is 49.1 Å². The van der Waals surface area contributed by atoms with Crippen LogP contribution in [0.5, 0.6) is 0 Å². The fraction of sp³-hybridized carbons (Fsp3) is 0.519. The van der Waals surface area contributed by atoms with Crippen molar-refractivity contribution in [1.82, 2.24) is 9.21 Å². The van der Waals surface area contributed by atoms with Gasteiger partial charge in [-0.1, -0.05) is 43.3 Å². The van der Waals surface area contributed by atoms with E-state index < -0.39 is 56.6 Å². The van der Waals surface area contributed by atoms with Gasteiger partial charge in [-0.2, -0.15) is 26.3 Å². The zero-order valence-electron chi connectivity index (χ0n) is 22.1. The molecule has 4 rings (SSSR count). The number of likely N-dealkylation sites (tertiary alicyclic amines) is 1. The van der Waals surface area contributed by atoms with Crippen LogP contribution >= 0.6 is 0 Å². The number of carbonyl (C=O) groups excluding carboxylic acids is 1. The molecule has 0 aromatic heterocycles. The highest BCUT2D eigenvalue weighted by Crippen LogP contribution is 2.51. The van der Waals surface area contributed by atoms with E-state index in [1.165, 1.54) is 28.6 Å². The molecule has 2 aromatic rings. The normalized spacial score (nSPS) is 23.7. The van der Waals surface area contributed by atoms with Crippen molar-refractivity contribution in [3.05, 3.63) is 71.0 Å². The molecule has 2 heterocycles. The molecule has 0 bridgehead atoms. The fourth-order valence-corrected chi connectivity index (χ4v) is 6.77. The van der Waals surface area contributed by atoms with Crippen molar-refractivity contribution in [3.63, 3.8) is 0 Å². The van der Waals surface area contributed by atoms with E-state index in [2.05, 4.69) is 0 Å². The van der Waals surface area contributed by atoms with E-state index in [-0.39, 0.29) is 32.1 Å². The van der Waals surface area contributed by atoms with Crippen molar-refractivity contribution in [2.24, 2.45) is 5.92 Å². The van der Waals surface area contributed by atoms with Gasteiger partial charge in [0.15, 0.2) is 0 Å². The summed E-state index contributed by atoms with van der Waals surface area (Å²) in [5.41, 5.74) is -6.43. The van der Waals surface area contributed by atoms with E-state index in [9.17, 15) is 49.1 Å². The number of alkyl halides is 6. The number of nitrogens with zero attached hydrogens (tertiary/aromatic N) is 2. The largest absolute Gasteiger partial charge is 0.430 e. The van der Waals surface area contributed by atoms with Crippen molar-refractivity contribution in [1.29, 1.82) is 0 Å². The molecule has 2 fully saturated rings. The maximum Gasteiger partial charge on any atom is 0.430 e. The minimum absolute atomic E-state index is 0.0706. The average molecular weight is 611 g/mol. The second kappa shape index (κ2) is 10.5. The predicted octanol–water partition coefficient (Wildman–Crippen LogP) is 4.69. The lowest BCUT2D eigenvalue weighted by atomic mass is 9.71. The summed E-state index contributed by atoms with van der Waals surface area (Å²) in [5, 5.41) is 9.77. The quantitative estimate of drug-likeness (QED) is 0.499. The topological polar surface area (TPSA) is 77.9 Å². The average Bonchev–Trinajstić information content (AvgIpc) is 3.25. The van der Waals surface area contributed by atoms with Crippen LogP contribution in [-0.2, 0) is 25.8 Å². The van der Waals surface area contributed by atoms with Crippen LogP contribution in [0.25, 0.3) is 0 Å². The Morgan fingerprint density at radius 2 is 1.44 bits per heavy atom. The number of aliphatic hydroxyl groups is 1. The Balaban J connectivity index is 1.67. The lowest BCUT2D eigenvalue weighted by molar-refractivity contribution is -0.376. The third kappa shape index (κ3) is 5.70.